The van der Waals surface area contributed by atoms with E-state index in [-0.39, 0.29) is 5.54 Å². The predicted molar refractivity (Wildman–Crippen MR) is 119 cm³/mol. The second kappa shape index (κ2) is 6.92. The number of nitrogens with zero attached hydrogens (tertiary/aromatic N) is 5. The van der Waals surface area contributed by atoms with Crippen molar-refractivity contribution in [2.75, 3.05) is 5.32 Å². The van der Waals surface area contributed by atoms with Gasteiger partial charge in [0.1, 0.15) is 0 Å². The van der Waals surface area contributed by atoms with Crippen LogP contribution in [0.5, 0.6) is 0 Å². The molecule has 4 aliphatic carbocycles. The Labute approximate surface area is 187 Å². The molecule has 8 heteroatoms. The fourth-order valence-electron chi connectivity index (χ4n) is 6.52. The van der Waals surface area contributed by atoms with E-state index >= 15 is 0 Å². The highest BCUT2D eigenvalue weighted by Crippen LogP contribution is 2.55. The zero-order valence-corrected chi connectivity index (χ0v) is 19.0. The van der Waals surface area contributed by atoms with E-state index in [1.54, 1.807) is 0 Å². The van der Waals surface area contributed by atoms with E-state index < -0.39 is 6.10 Å². The number of benzene rings is 1. The minimum Gasteiger partial charge on any atom is -0.448 e. The van der Waals surface area contributed by atoms with Gasteiger partial charge in [0, 0.05) is 10.6 Å². The van der Waals surface area contributed by atoms with Crippen LogP contribution in [0.25, 0.3) is 0 Å². The molecule has 2 heterocycles. The van der Waals surface area contributed by atoms with E-state index in [4.69, 9.17) is 21.3 Å². The van der Waals surface area contributed by atoms with Crippen LogP contribution in [0.1, 0.15) is 70.4 Å². The van der Waals surface area contributed by atoms with E-state index in [2.05, 4.69) is 41.6 Å². The maximum atomic E-state index is 6.47. The number of halogens is 1. The van der Waals surface area contributed by atoms with Crippen LogP contribution in [-0.2, 0) is 10.3 Å². The van der Waals surface area contributed by atoms with Crippen molar-refractivity contribution < 1.29 is 4.74 Å². The summed E-state index contributed by atoms with van der Waals surface area (Å²) in [5.41, 5.74) is 1.61. The van der Waals surface area contributed by atoms with Gasteiger partial charge in [-0.3, -0.25) is 0 Å². The molecule has 4 saturated carbocycles. The van der Waals surface area contributed by atoms with Crippen molar-refractivity contribution in [2.45, 2.75) is 70.6 Å². The van der Waals surface area contributed by atoms with Crippen LogP contribution in [0, 0.1) is 23.7 Å². The molecule has 1 unspecified atom stereocenters. The third-order valence-electron chi connectivity index (χ3n) is 7.58. The van der Waals surface area contributed by atoms with Gasteiger partial charge in [0.15, 0.2) is 11.9 Å². The summed E-state index contributed by atoms with van der Waals surface area (Å²) in [6.45, 7) is 6.25. The molecule has 31 heavy (non-hydrogen) atoms. The average Bonchev–Trinajstić information content (AvgIpc) is 3.19. The first-order valence-corrected chi connectivity index (χ1v) is 11.8. The molecule has 1 aromatic carbocycles. The number of nitrogens with one attached hydrogen (secondary N) is 1. The number of hydrogen-bond donors (Lipinski definition) is 1. The summed E-state index contributed by atoms with van der Waals surface area (Å²) in [4.78, 5) is 5.18. The third-order valence-corrected chi connectivity index (χ3v) is 7.81. The van der Waals surface area contributed by atoms with Gasteiger partial charge in [-0.1, -0.05) is 17.7 Å². The van der Waals surface area contributed by atoms with Gasteiger partial charge < -0.3 is 10.1 Å². The van der Waals surface area contributed by atoms with Gasteiger partial charge in [-0.25, -0.2) is 9.67 Å². The van der Waals surface area contributed by atoms with Crippen LogP contribution < -0.4 is 5.32 Å². The van der Waals surface area contributed by atoms with Gasteiger partial charge in [-0.05, 0) is 99.1 Å². The first kappa shape index (κ1) is 19.5. The lowest BCUT2D eigenvalue weighted by Gasteiger charge is -2.53. The Morgan fingerprint density at radius 3 is 2.48 bits per heavy atom. The van der Waals surface area contributed by atoms with Gasteiger partial charge in [0.25, 0.3) is 6.02 Å². The van der Waals surface area contributed by atoms with Crippen molar-refractivity contribution >= 4 is 23.3 Å². The Morgan fingerprint density at radius 1 is 1.10 bits per heavy atom. The summed E-state index contributed by atoms with van der Waals surface area (Å²) in [6.07, 6.45) is 6.29. The Bertz CT molecular complexity index is 1010. The van der Waals surface area contributed by atoms with Gasteiger partial charge in [0.2, 0.25) is 0 Å². The van der Waals surface area contributed by atoms with Crippen LogP contribution in [0.15, 0.2) is 23.2 Å². The monoisotopic (exact) mass is 440 g/mol. The Hall–Kier alpha value is -2.15. The summed E-state index contributed by atoms with van der Waals surface area (Å²) in [5, 5.41) is 16.6. The molecule has 0 saturated heterocycles. The van der Waals surface area contributed by atoms with E-state index in [1.165, 1.54) is 32.1 Å². The lowest BCUT2D eigenvalue weighted by molar-refractivity contribution is 0.0000953. The van der Waals surface area contributed by atoms with E-state index in [0.717, 1.165) is 23.1 Å². The first-order valence-electron chi connectivity index (χ1n) is 11.4. The molecule has 7 nitrogen and oxygen atoms in total. The van der Waals surface area contributed by atoms with E-state index in [1.807, 2.05) is 22.9 Å². The number of amidine groups is 1. The van der Waals surface area contributed by atoms with E-state index in [0.29, 0.717) is 34.7 Å². The quantitative estimate of drug-likeness (QED) is 0.726. The molecule has 1 aliphatic heterocycles. The second-order valence-corrected chi connectivity index (χ2v) is 11.3. The zero-order valence-electron chi connectivity index (χ0n) is 18.3. The first-order chi connectivity index (χ1) is 14.8. The van der Waals surface area contributed by atoms with Crippen molar-refractivity contribution in [3.63, 3.8) is 0 Å². The Morgan fingerprint density at radius 2 is 1.81 bits per heavy atom. The minimum absolute atomic E-state index is 0.265. The lowest BCUT2D eigenvalue weighted by Crippen LogP contribution is -2.48. The van der Waals surface area contributed by atoms with Crippen LogP contribution in [0.4, 0.5) is 5.69 Å². The molecule has 4 fully saturated rings. The highest BCUT2D eigenvalue weighted by Gasteiger charge is 2.48. The molecule has 0 spiro atoms. The normalized spacial score (nSPS) is 35.0. The molecule has 0 radical (unpaired) electrons. The molecule has 1 N–H and O–H groups in total. The average molecular weight is 441 g/mol. The third kappa shape index (κ3) is 3.32. The van der Waals surface area contributed by atoms with Gasteiger partial charge >= 0.3 is 0 Å². The molecule has 7 rings (SSSR count). The van der Waals surface area contributed by atoms with Crippen LogP contribution >= 0.6 is 11.6 Å². The number of aromatic nitrogens is 4. The largest absolute Gasteiger partial charge is 0.448 e. The maximum absolute atomic E-state index is 6.47. The molecular formula is C23H29ClN6O. The van der Waals surface area contributed by atoms with Crippen LogP contribution in [0.3, 0.4) is 0 Å². The molecule has 0 amide bonds. The van der Waals surface area contributed by atoms with Crippen molar-refractivity contribution in [1.82, 2.24) is 20.2 Å². The Kier molecular flexibility index (Phi) is 4.36. The number of anilines is 1. The Balaban J connectivity index is 1.38. The molecule has 1 atom stereocenters. The van der Waals surface area contributed by atoms with E-state index in [9.17, 15) is 0 Å². The van der Waals surface area contributed by atoms with Gasteiger partial charge in [-0.15, -0.1) is 5.10 Å². The molecule has 4 bridgehead atoms. The van der Waals surface area contributed by atoms with Crippen LogP contribution in [-0.4, -0.2) is 32.3 Å². The highest BCUT2D eigenvalue weighted by molar-refractivity contribution is 6.31. The maximum Gasteiger partial charge on any atom is 0.290 e. The lowest BCUT2D eigenvalue weighted by atomic mass is 9.54. The van der Waals surface area contributed by atoms with Crippen LogP contribution in [0.2, 0.25) is 5.02 Å². The summed E-state index contributed by atoms with van der Waals surface area (Å²) < 4.78 is 8.31. The van der Waals surface area contributed by atoms with Gasteiger partial charge in [-0.2, -0.15) is 0 Å². The highest BCUT2D eigenvalue weighted by atomic mass is 35.5. The summed E-state index contributed by atoms with van der Waals surface area (Å²) in [7, 11) is 0. The molecule has 2 aromatic rings. The number of tetrazole rings is 1. The number of aliphatic imine (C=N–C) groups is 1. The van der Waals surface area contributed by atoms with Crippen molar-refractivity contribution in [2.24, 2.45) is 28.7 Å². The van der Waals surface area contributed by atoms with Gasteiger partial charge in [0.05, 0.1) is 17.3 Å². The van der Waals surface area contributed by atoms with Crippen molar-refractivity contribution in [3.05, 3.63) is 34.6 Å². The summed E-state index contributed by atoms with van der Waals surface area (Å²) >= 11 is 6.33. The second-order valence-electron chi connectivity index (χ2n) is 10.8. The number of fused-ring (bicyclic) bond motifs is 1. The predicted octanol–water partition coefficient (Wildman–Crippen LogP) is 4.79. The smallest absolute Gasteiger partial charge is 0.290 e. The fourth-order valence-corrected chi connectivity index (χ4v) is 6.69. The number of ether oxygens (including phenoxy) is 1. The van der Waals surface area contributed by atoms with Crippen molar-refractivity contribution in [3.8, 4) is 0 Å². The number of rotatable bonds is 2. The molecule has 5 aliphatic rings. The molecule has 164 valence electrons. The zero-order chi connectivity index (χ0) is 21.3. The summed E-state index contributed by atoms with van der Waals surface area (Å²) in [5.74, 6) is 3.89. The van der Waals surface area contributed by atoms with Crippen molar-refractivity contribution in [1.29, 1.82) is 0 Å². The number of hydrogen-bond acceptors (Lipinski definition) is 5. The fraction of sp³-hybridized carbons (Fsp3) is 0.652. The standard InChI is InChI=1S/C23H29ClN6O/c1-23(2,3)30-21(27-28-29-30)20-17-5-4-16(24)11-18(17)25-22(31-20)26-19-14-7-12-6-13(9-14)10-15(19)8-12/h4-5,11-15,19-20H,6-10H2,1-3H3,(H,25,26). The topological polar surface area (TPSA) is 77.2 Å². The molecular weight excluding hydrogens is 412 g/mol. The summed E-state index contributed by atoms with van der Waals surface area (Å²) in [6, 6.07) is 6.71. The SMILES string of the molecule is CC(C)(C)n1nnnc1C1OC(=NC2C3CC4CC(C3)CC2C4)Nc2cc(Cl)ccc21. The minimum atomic E-state index is -0.432. The molecule has 1 aromatic heterocycles.